The molecule has 92 valence electrons. The van der Waals surface area contributed by atoms with Crippen LogP contribution in [0, 0.1) is 0 Å². The summed E-state index contributed by atoms with van der Waals surface area (Å²) in [5, 5.41) is 14.2. The van der Waals surface area contributed by atoms with Gasteiger partial charge in [0.05, 0.1) is 11.6 Å². The lowest BCUT2D eigenvalue weighted by Gasteiger charge is -2.15. The van der Waals surface area contributed by atoms with Crippen LogP contribution in [0.5, 0.6) is 0 Å². The van der Waals surface area contributed by atoms with E-state index >= 15 is 0 Å². The van der Waals surface area contributed by atoms with Gasteiger partial charge in [-0.3, -0.25) is 4.79 Å². The number of hydrogen-bond donors (Lipinski definition) is 3. The van der Waals surface area contributed by atoms with Gasteiger partial charge in [-0.05, 0) is 34.5 Å². The van der Waals surface area contributed by atoms with E-state index in [2.05, 4.69) is 26.4 Å². The molecule has 0 aliphatic rings. The van der Waals surface area contributed by atoms with E-state index in [4.69, 9.17) is 10.9 Å². The first-order chi connectivity index (χ1) is 8.10. The quantitative estimate of drug-likeness (QED) is 0.342. The maximum absolute atomic E-state index is 11.9. The summed E-state index contributed by atoms with van der Waals surface area (Å²) in [6.45, 7) is 1.84. The minimum atomic E-state index is -0.473. The number of amidine groups is 1. The van der Waals surface area contributed by atoms with Crippen molar-refractivity contribution in [1.29, 1.82) is 0 Å². The molecular formula is C11H14BrN3O2. The molecule has 17 heavy (non-hydrogen) atoms. The predicted octanol–water partition coefficient (Wildman–Crippen LogP) is 1.70. The number of nitrogens with one attached hydrogen (secondary N) is 1. The highest BCUT2D eigenvalue weighted by molar-refractivity contribution is 9.10. The highest BCUT2D eigenvalue weighted by Crippen LogP contribution is 2.15. The second-order valence-corrected chi connectivity index (χ2v) is 4.29. The van der Waals surface area contributed by atoms with Gasteiger partial charge >= 0.3 is 0 Å². The molecular weight excluding hydrogens is 286 g/mol. The Bertz CT molecular complexity index is 434. The van der Waals surface area contributed by atoms with Crippen molar-refractivity contribution in [3.8, 4) is 0 Å². The molecule has 0 fully saturated rings. The molecule has 1 unspecified atom stereocenters. The van der Waals surface area contributed by atoms with E-state index in [0.717, 1.165) is 0 Å². The Hall–Kier alpha value is -1.56. The smallest absolute Gasteiger partial charge is 0.253 e. The molecule has 0 heterocycles. The maximum atomic E-state index is 11.9. The second kappa shape index (κ2) is 6.24. The van der Waals surface area contributed by atoms with Gasteiger partial charge in [0.15, 0.2) is 5.84 Å². The van der Waals surface area contributed by atoms with E-state index in [0.29, 0.717) is 16.5 Å². The topological polar surface area (TPSA) is 87.7 Å². The normalized spacial score (nSPS) is 13.2. The van der Waals surface area contributed by atoms with Crippen LogP contribution in [0.2, 0.25) is 0 Å². The zero-order valence-electron chi connectivity index (χ0n) is 9.35. The third kappa shape index (κ3) is 3.45. The van der Waals surface area contributed by atoms with E-state index < -0.39 is 6.04 Å². The molecule has 1 amide bonds. The molecule has 0 radical (unpaired) electrons. The van der Waals surface area contributed by atoms with Gasteiger partial charge < -0.3 is 16.3 Å². The summed E-state index contributed by atoms with van der Waals surface area (Å²) in [5.41, 5.74) is 5.98. The number of nitrogens with two attached hydrogens (primary N) is 1. The van der Waals surface area contributed by atoms with Crippen molar-refractivity contribution in [2.24, 2.45) is 10.9 Å². The van der Waals surface area contributed by atoms with Crippen LogP contribution in [-0.2, 0) is 0 Å². The molecule has 5 nitrogen and oxygen atoms in total. The van der Waals surface area contributed by atoms with E-state index in [1.807, 2.05) is 13.0 Å². The number of amides is 1. The minimum absolute atomic E-state index is 0.00657. The first-order valence-corrected chi connectivity index (χ1v) is 5.92. The first kappa shape index (κ1) is 13.5. The van der Waals surface area contributed by atoms with E-state index in [9.17, 15) is 4.79 Å². The SMILES string of the molecule is CCC(NC(=O)c1ccccc1Br)/C(N)=N/O. The van der Waals surface area contributed by atoms with Crippen LogP contribution in [0.25, 0.3) is 0 Å². The molecule has 1 aromatic rings. The van der Waals surface area contributed by atoms with Crippen molar-refractivity contribution in [3.05, 3.63) is 34.3 Å². The number of halogens is 1. The van der Waals surface area contributed by atoms with Gasteiger partial charge in [-0.25, -0.2) is 0 Å². The Morgan fingerprint density at radius 3 is 2.76 bits per heavy atom. The third-order valence-corrected chi connectivity index (χ3v) is 3.00. The van der Waals surface area contributed by atoms with Crippen LogP contribution in [0.4, 0.5) is 0 Å². The Morgan fingerprint density at radius 2 is 2.24 bits per heavy atom. The van der Waals surface area contributed by atoms with Crippen LogP contribution < -0.4 is 11.1 Å². The largest absolute Gasteiger partial charge is 0.409 e. The molecule has 0 saturated heterocycles. The summed E-state index contributed by atoms with van der Waals surface area (Å²) in [6, 6.07) is 6.59. The summed E-state index contributed by atoms with van der Waals surface area (Å²) in [6.07, 6.45) is 0.548. The fourth-order valence-electron chi connectivity index (χ4n) is 1.34. The molecule has 0 aliphatic carbocycles. The first-order valence-electron chi connectivity index (χ1n) is 5.13. The zero-order chi connectivity index (χ0) is 12.8. The average molecular weight is 300 g/mol. The highest BCUT2D eigenvalue weighted by Gasteiger charge is 2.17. The van der Waals surface area contributed by atoms with Crippen molar-refractivity contribution in [3.63, 3.8) is 0 Å². The lowest BCUT2D eigenvalue weighted by atomic mass is 10.1. The molecule has 1 aromatic carbocycles. The zero-order valence-corrected chi connectivity index (χ0v) is 10.9. The van der Waals surface area contributed by atoms with Crippen LogP contribution >= 0.6 is 15.9 Å². The Labute approximate surface area is 108 Å². The molecule has 4 N–H and O–H groups in total. The third-order valence-electron chi connectivity index (χ3n) is 2.30. The summed E-state index contributed by atoms with van der Waals surface area (Å²) >= 11 is 3.29. The van der Waals surface area contributed by atoms with Crippen LogP contribution in [0.1, 0.15) is 23.7 Å². The van der Waals surface area contributed by atoms with Gasteiger partial charge in [0, 0.05) is 4.47 Å². The summed E-state index contributed by atoms with van der Waals surface area (Å²) < 4.78 is 0.701. The van der Waals surface area contributed by atoms with Gasteiger partial charge in [0.25, 0.3) is 5.91 Å². The molecule has 0 spiro atoms. The van der Waals surface area contributed by atoms with Crippen LogP contribution in [0.15, 0.2) is 33.9 Å². The number of benzene rings is 1. The summed E-state index contributed by atoms with van der Waals surface area (Å²) in [7, 11) is 0. The number of carbonyl (C=O) groups is 1. The van der Waals surface area contributed by atoms with E-state index in [1.54, 1.807) is 18.2 Å². The van der Waals surface area contributed by atoms with Crippen LogP contribution in [-0.4, -0.2) is 23.0 Å². The van der Waals surface area contributed by atoms with Gasteiger partial charge in [-0.15, -0.1) is 0 Å². The number of carbonyl (C=O) groups excluding carboxylic acids is 1. The van der Waals surface area contributed by atoms with E-state index in [-0.39, 0.29) is 11.7 Å². The number of rotatable bonds is 4. The standard InChI is InChI=1S/C11H14BrN3O2/c1-2-9(10(13)15-17)14-11(16)7-5-3-4-6-8(7)12/h3-6,9,17H,2H2,1H3,(H2,13,15)(H,14,16). The summed E-state index contributed by atoms with van der Waals surface area (Å²) in [5.74, 6) is -0.274. The van der Waals surface area contributed by atoms with E-state index in [1.165, 1.54) is 0 Å². The monoisotopic (exact) mass is 299 g/mol. The Kier molecular flexibility index (Phi) is 4.96. The number of nitrogens with zero attached hydrogens (tertiary/aromatic N) is 1. The molecule has 0 aromatic heterocycles. The van der Waals surface area contributed by atoms with Gasteiger partial charge in [-0.1, -0.05) is 24.2 Å². The Balaban J connectivity index is 2.82. The fraction of sp³-hybridized carbons (Fsp3) is 0.273. The van der Waals surface area contributed by atoms with Crippen molar-refractivity contribution < 1.29 is 10.0 Å². The lowest BCUT2D eigenvalue weighted by Crippen LogP contribution is -2.44. The minimum Gasteiger partial charge on any atom is -0.409 e. The maximum Gasteiger partial charge on any atom is 0.253 e. The molecule has 0 bridgehead atoms. The molecule has 6 heteroatoms. The van der Waals surface area contributed by atoms with Crippen LogP contribution in [0.3, 0.4) is 0 Å². The summed E-state index contributed by atoms with van der Waals surface area (Å²) in [4.78, 5) is 11.9. The molecule has 1 rings (SSSR count). The van der Waals surface area contributed by atoms with Crippen molar-refractivity contribution in [2.75, 3.05) is 0 Å². The highest BCUT2D eigenvalue weighted by atomic mass is 79.9. The molecule has 0 aliphatic heterocycles. The van der Waals surface area contributed by atoms with Crippen molar-refractivity contribution in [2.45, 2.75) is 19.4 Å². The number of hydrogen-bond acceptors (Lipinski definition) is 3. The predicted molar refractivity (Wildman–Crippen MR) is 69.1 cm³/mol. The van der Waals surface area contributed by atoms with Gasteiger partial charge in [-0.2, -0.15) is 0 Å². The van der Waals surface area contributed by atoms with Gasteiger partial charge in [0.1, 0.15) is 0 Å². The van der Waals surface area contributed by atoms with Crippen molar-refractivity contribution >= 4 is 27.7 Å². The van der Waals surface area contributed by atoms with Gasteiger partial charge in [0.2, 0.25) is 0 Å². The molecule has 1 atom stereocenters. The number of oxime groups is 1. The molecule has 0 saturated carbocycles. The lowest BCUT2D eigenvalue weighted by molar-refractivity contribution is 0.0945. The average Bonchev–Trinajstić information content (AvgIpc) is 2.35. The Morgan fingerprint density at radius 1 is 1.59 bits per heavy atom. The van der Waals surface area contributed by atoms with Crippen molar-refractivity contribution in [1.82, 2.24) is 5.32 Å². The fourth-order valence-corrected chi connectivity index (χ4v) is 1.80. The second-order valence-electron chi connectivity index (χ2n) is 3.44.